The lowest BCUT2D eigenvalue weighted by molar-refractivity contribution is -0.137. The van der Waals surface area contributed by atoms with Crippen molar-refractivity contribution in [3.8, 4) is 0 Å². The van der Waals surface area contributed by atoms with E-state index in [4.69, 9.17) is 0 Å². The van der Waals surface area contributed by atoms with Gasteiger partial charge in [0.1, 0.15) is 6.54 Å². The number of aryl methyl sites for hydroxylation is 2. The van der Waals surface area contributed by atoms with Gasteiger partial charge in [-0.3, -0.25) is 19.3 Å². The molecule has 0 unspecified atom stereocenters. The summed E-state index contributed by atoms with van der Waals surface area (Å²) in [6.07, 6.45) is 0.149. The van der Waals surface area contributed by atoms with E-state index in [9.17, 15) is 14.4 Å². The molecule has 3 rings (SSSR count). The highest BCUT2D eigenvalue weighted by Crippen LogP contribution is 2.20. The predicted octanol–water partition coefficient (Wildman–Crippen LogP) is 2.49. The molecule has 2 aromatic carbocycles. The van der Waals surface area contributed by atoms with E-state index in [0.29, 0.717) is 12.1 Å². The van der Waals surface area contributed by atoms with Crippen LogP contribution in [-0.4, -0.2) is 41.1 Å². The van der Waals surface area contributed by atoms with E-state index in [2.05, 4.69) is 6.07 Å². The van der Waals surface area contributed by atoms with Crippen molar-refractivity contribution in [1.82, 2.24) is 9.80 Å². The Kier molecular flexibility index (Phi) is 4.89. The fraction of sp³-hybridized carbons (Fsp3) is 0.286. The van der Waals surface area contributed by atoms with E-state index < -0.39 is 5.91 Å². The lowest BCUT2D eigenvalue weighted by Gasteiger charge is -2.28. The molecule has 5 nitrogen and oxygen atoms in total. The molecule has 134 valence electrons. The van der Waals surface area contributed by atoms with Crippen molar-refractivity contribution < 1.29 is 14.4 Å². The highest BCUT2D eigenvalue weighted by atomic mass is 16.2. The summed E-state index contributed by atoms with van der Waals surface area (Å²) in [7, 11) is 1.69. The molecule has 2 aromatic rings. The van der Waals surface area contributed by atoms with Gasteiger partial charge in [0, 0.05) is 19.2 Å². The largest absolute Gasteiger partial charge is 0.340 e. The summed E-state index contributed by atoms with van der Waals surface area (Å²) in [6.45, 7) is 4.25. The number of nitrogens with zero attached hydrogens (tertiary/aromatic N) is 2. The second-order valence-corrected chi connectivity index (χ2v) is 6.80. The van der Waals surface area contributed by atoms with Gasteiger partial charge >= 0.3 is 0 Å². The maximum atomic E-state index is 12.6. The molecule has 0 radical (unpaired) electrons. The molecule has 0 bridgehead atoms. The number of hydrogen-bond donors (Lipinski definition) is 0. The third-order valence-corrected chi connectivity index (χ3v) is 4.76. The molecule has 1 aliphatic rings. The Morgan fingerprint density at radius 3 is 2.58 bits per heavy atom. The molecule has 0 saturated carbocycles. The molecule has 0 fully saturated rings. The van der Waals surface area contributed by atoms with Crippen molar-refractivity contribution >= 4 is 17.7 Å². The first-order valence-electron chi connectivity index (χ1n) is 8.59. The minimum atomic E-state index is -0.398. The molecule has 0 aliphatic carbocycles. The monoisotopic (exact) mass is 350 g/mol. The van der Waals surface area contributed by atoms with Gasteiger partial charge in [0.2, 0.25) is 11.8 Å². The molecule has 26 heavy (non-hydrogen) atoms. The van der Waals surface area contributed by atoms with E-state index in [1.165, 1.54) is 5.56 Å². The normalized spacial score (nSPS) is 13.6. The number of amides is 3. The van der Waals surface area contributed by atoms with Crippen LogP contribution in [0.5, 0.6) is 0 Å². The first-order chi connectivity index (χ1) is 12.4. The van der Waals surface area contributed by atoms with Crippen LogP contribution in [0.25, 0.3) is 0 Å². The summed E-state index contributed by atoms with van der Waals surface area (Å²) in [4.78, 5) is 40.1. The SMILES string of the molecule is Cc1ccc(CN(C)C(=O)CN2C(=O)Cc3ccccc3C2=O)c(C)c1. The molecule has 1 aliphatic heterocycles. The second-order valence-electron chi connectivity index (χ2n) is 6.80. The molecule has 0 N–H and O–H groups in total. The van der Waals surface area contributed by atoms with Crippen molar-refractivity contribution in [2.45, 2.75) is 26.8 Å². The van der Waals surface area contributed by atoms with Crippen LogP contribution < -0.4 is 0 Å². The summed E-state index contributed by atoms with van der Waals surface area (Å²) in [6, 6.07) is 13.1. The van der Waals surface area contributed by atoms with E-state index in [1.807, 2.05) is 26.0 Å². The van der Waals surface area contributed by atoms with Crippen LogP contribution in [0, 0.1) is 13.8 Å². The van der Waals surface area contributed by atoms with Crippen LogP contribution in [0.4, 0.5) is 0 Å². The van der Waals surface area contributed by atoms with Gasteiger partial charge < -0.3 is 4.90 Å². The Morgan fingerprint density at radius 2 is 1.85 bits per heavy atom. The highest BCUT2D eigenvalue weighted by molar-refractivity contribution is 6.11. The number of carbonyl (C=O) groups is 3. The highest BCUT2D eigenvalue weighted by Gasteiger charge is 2.32. The number of imide groups is 1. The maximum absolute atomic E-state index is 12.6. The van der Waals surface area contributed by atoms with Gasteiger partial charge in [-0.15, -0.1) is 0 Å². The number of fused-ring (bicyclic) bond motifs is 1. The topological polar surface area (TPSA) is 57.7 Å². The van der Waals surface area contributed by atoms with E-state index in [-0.39, 0.29) is 24.8 Å². The zero-order chi connectivity index (χ0) is 18.8. The summed E-state index contributed by atoms with van der Waals surface area (Å²) in [5.41, 5.74) is 4.55. The van der Waals surface area contributed by atoms with Crippen molar-refractivity contribution in [1.29, 1.82) is 0 Å². The van der Waals surface area contributed by atoms with Gasteiger partial charge in [-0.2, -0.15) is 0 Å². The Balaban J connectivity index is 1.71. The smallest absolute Gasteiger partial charge is 0.261 e. The number of hydrogen-bond acceptors (Lipinski definition) is 3. The summed E-state index contributed by atoms with van der Waals surface area (Å²) in [5.74, 6) is -0.988. The number of rotatable bonds is 4. The molecule has 0 saturated heterocycles. The first-order valence-corrected chi connectivity index (χ1v) is 8.59. The van der Waals surface area contributed by atoms with E-state index in [1.54, 1.807) is 36.2 Å². The molecule has 0 spiro atoms. The Hall–Kier alpha value is -2.95. The van der Waals surface area contributed by atoms with Crippen LogP contribution in [-0.2, 0) is 22.6 Å². The fourth-order valence-corrected chi connectivity index (χ4v) is 3.18. The third kappa shape index (κ3) is 3.52. The van der Waals surface area contributed by atoms with Crippen LogP contribution in [0.15, 0.2) is 42.5 Å². The maximum Gasteiger partial charge on any atom is 0.261 e. The second kappa shape index (κ2) is 7.12. The van der Waals surface area contributed by atoms with Gasteiger partial charge in [0.25, 0.3) is 5.91 Å². The molecular weight excluding hydrogens is 328 g/mol. The lowest BCUT2D eigenvalue weighted by atomic mass is 9.98. The average Bonchev–Trinajstić information content (AvgIpc) is 2.60. The van der Waals surface area contributed by atoms with Gasteiger partial charge in [-0.1, -0.05) is 42.0 Å². The van der Waals surface area contributed by atoms with Gasteiger partial charge in [-0.05, 0) is 36.6 Å². The van der Waals surface area contributed by atoms with Crippen LogP contribution in [0.2, 0.25) is 0 Å². The van der Waals surface area contributed by atoms with E-state index >= 15 is 0 Å². The van der Waals surface area contributed by atoms with Crippen molar-refractivity contribution in [3.05, 3.63) is 70.3 Å². The number of benzene rings is 2. The Bertz CT molecular complexity index is 889. The zero-order valence-electron chi connectivity index (χ0n) is 15.3. The molecular formula is C21H22N2O3. The van der Waals surface area contributed by atoms with Gasteiger partial charge in [-0.25, -0.2) is 0 Å². The molecule has 5 heteroatoms. The standard InChI is InChI=1S/C21H22N2O3/c1-14-8-9-17(15(2)10-14)12-22(3)20(25)13-23-19(24)11-16-6-4-5-7-18(16)21(23)26/h4-10H,11-13H2,1-3H3. The van der Waals surface area contributed by atoms with Crippen molar-refractivity contribution in [3.63, 3.8) is 0 Å². The lowest BCUT2D eigenvalue weighted by Crippen LogP contribution is -2.47. The predicted molar refractivity (Wildman–Crippen MR) is 98.6 cm³/mol. The van der Waals surface area contributed by atoms with Crippen LogP contribution >= 0.6 is 0 Å². The van der Waals surface area contributed by atoms with Gasteiger partial charge in [0.15, 0.2) is 0 Å². The zero-order valence-corrected chi connectivity index (χ0v) is 15.3. The molecule has 1 heterocycles. The molecule has 0 aromatic heterocycles. The average molecular weight is 350 g/mol. The Morgan fingerprint density at radius 1 is 1.12 bits per heavy atom. The van der Waals surface area contributed by atoms with Crippen LogP contribution in [0.3, 0.4) is 0 Å². The fourth-order valence-electron chi connectivity index (χ4n) is 3.18. The van der Waals surface area contributed by atoms with Crippen molar-refractivity contribution in [2.75, 3.05) is 13.6 Å². The summed E-state index contributed by atoms with van der Waals surface area (Å²) < 4.78 is 0. The summed E-state index contributed by atoms with van der Waals surface area (Å²) >= 11 is 0. The number of carbonyl (C=O) groups excluding carboxylic acids is 3. The summed E-state index contributed by atoms with van der Waals surface area (Å²) in [5, 5.41) is 0. The quantitative estimate of drug-likeness (QED) is 0.796. The minimum Gasteiger partial charge on any atom is -0.340 e. The minimum absolute atomic E-state index is 0.149. The van der Waals surface area contributed by atoms with Crippen molar-refractivity contribution in [2.24, 2.45) is 0 Å². The van der Waals surface area contributed by atoms with Crippen LogP contribution in [0.1, 0.15) is 32.6 Å². The first kappa shape index (κ1) is 17.9. The van der Waals surface area contributed by atoms with E-state index in [0.717, 1.165) is 21.6 Å². The molecule has 3 amide bonds. The molecule has 0 atom stereocenters. The van der Waals surface area contributed by atoms with Gasteiger partial charge in [0.05, 0.1) is 6.42 Å². The Labute approximate surface area is 153 Å². The number of likely N-dealkylation sites (N-methyl/N-ethyl adjacent to an activating group) is 1. The third-order valence-electron chi connectivity index (χ3n) is 4.76.